The second-order valence-corrected chi connectivity index (χ2v) is 7.43. The molecule has 2 aliphatic carbocycles. The highest BCUT2D eigenvalue weighted by atomic mass is 16.4. The van der Waals surface area contributed by atoms with Crippen LogP contribution < -0.4 is 0 Å². The Morgan fingerprint density at radius 2 is 1.60 bits per heavy atom. The van der Waals surface area contributed by atoms with Gasteiger partial charge in [-0.2, -0.15) is 0 Å². The van der Waals surface area contributed by atoms with Crippen LogP contribution in [0.2, 0.25) is 0 Å². The summed E-state index contributed by atoms with van der Waals surface area (Å²) in [5.41, 5.74) is 3.72. The molecule has 0 heterocycles. The number of rotatable bonds is 6. The van der Waals surface area contributed by atoms with Gasteiger partial charge in [-0.1, -0.05) is 65.8 Å². The second kappa shape index (κ2) is 7.40. The van der Waals surface area contributed by atoms with Gasteiger partial charge in [-0.3, -0.25) is 4.90 Å². The largest absolute Gasteiger partial charge is 0.411 e. The van der Waals surface area contributed by atoms with Gasteiger partial charge in [0.2, 0.25) is 0 Å². The van der Waals surface area contributed by atoms with Crippen molar-refractivity contribution in [1.82, 2.24) is 4.90 Å². The number of oxime groups is 1. The molecule has 1 N–H and O–H groups in total. The topological polar surface area (TPSA) is 35.8 Å². The molecule has 0 unspecified atom stereocenters. The van der Waals surface area contributed by atoms with E-state index in [0.29, 0.717) is 17.9 Å². The molecule has 130 valence electrons. The van der Waals surface area contributed by atoms with Crippen molar-refractivity contribution in [3.05, 3.63) is 71.8 Å². The highest BCUT2D eigenvalue weighted by Crippen LogP contribution is 2.45. The summed E-state index contributed by atoms with van der Waals surface area (Å²) >= 11 is 0. The lowest BCUT2D eigenvalue weighted by atomic mass is 9.91. The molecule has 0 aromatic heterocycles. The van der Waals surface area contributed by atoms with Crippen molar-refractivity contribution < 1.29 is 5.21 Å². The molecule has 2 saturated carbocycles. The van der Waals surface area contributed by atoms with Crippen molar-refractivity contribution in [3.63, 3.8) is 0 Å². The van der Waals surface area contributed by atoms with Gasteiger partial charge >= 0.3 is 0 Å². The molecular formula is C22H26N2O. The molecule has 3 nitrogen and oxygen atoms in total. The molecule has 0 aliphatic heterocycles. The van der Waals surface area contributed by atoms with E-state index >= 15 is 0 Å². The molecular weight excluding hydrogens is 308 g/mol. The van der Waals surface area contributed by atoms with E-state index in [0.717, 1.165) is 25.2 Å². The zero-order chi connectivity index (χ0) is 17.1. The van der Waals surface area contributed by atoms with Crippen molar-refractivity contribution in [2.75, 3.05) is 6.54 Å². The lowest BCUT2D eigenvalue weighted by Crippen LogP contribution is -2.45. The first-order valence-electron chi connectivity index (χ1n) is 9.39. The summed E-state index contributed by atoms with van der Waals surface area (Å²) in [5, 5.41) is 13.4. The van der Waals surface area contributed by atoms with E-state index in [1.54, 1.807) is 0 Å². The van der Waals surface area contributed by atoms with Crippen LogP contribution in [0.1, 0.15) is 30.4 Å². The van der Waals surface area contributed by atoms with Gasteiger partial charge in [-0.05, 0) is 42.7 Å². The Hall–Kier alpha value is -2.13. The third kappa shape index (κ3) is 3.47. The maximum atomic E-state index is 9.62. The van der Waals surface area contributed by atoms with E-state index in [1.165, 1.54) is 30.4 Å². The van der Waals surface area contributed by atoms with Crippen LogP contribution in [0.4, 0.5) is 0 Å². The predicted octanol–water partition coefficient (Wildman–Crippen LogP) is 4.36. The van der Waals surface area contributed by atoms with Gasteiger partial charge in [0.15, 0.2) is 0 Å². The summed E-state index contributed by atoms with van der Waals surface area (Å²) in [6, 6.07) is 21.6. The van der Waals surface area contributed by atoms with Crippen LogP contribution in [0.25, 0.3) is 0 Å². The lowest BCUT2D eigenvalue weighted by molar-refractivity contribution is 0.185. The highest BCUT2D eigenvalue weighted by Gasteiger charge is 2.47. The fourth-order valence-corrected chi connectivity index (χ4v) is 4.73. The highest BCUT2D eigenvalue weighted by molar-refractivity contribution is 5.94. The molecule has 3 heteroatoms. The first-order valence-corrected chi connectivity index (χ1v) is 9.39. The van der Waals surface area contributed by atoms with E-state index < -0.39 is 0 Å². The molecule has 2 aromatic carbocycles. The van der Waals surface area contributed by atoms with Crippen LogP contribution >= 0.6 is 0 Å². The van der Waals surface area contributed by atoms with Crippen molar-refractivity contribution >= 4 is 5.71 Å². The Bertz CT molecular complexity index is 713. The molecule has 3 atom stereocenters. The van der Waals surface area contributed by atoms with E-state index in [1.807, 2.05) is 0 Å². The Labute approximate surface area is 150 Å². The fourth-order valence-electron chi connectivity index (χ4n) is 4.73. The smallest absolute Gasteiger partial charge is 0.0775 e. The summed E-state index contributed by atoms with van der Waals surface area (Å²) in [6.45, 7) is 1.91. The minimum Gasteiger partial charge on any atom is -0.411 e. The van der Waals surface area contributed by atoms with E-state index in [2.05, 4.69) is 70.7 Å². The van der Waals surface area contributed by atoms with Gasteiger partial charge in [0, 0.05) is 19.0 Å². The van der Waals surface area contributed by atoms with Crippen LogP contribution in [-0.2, 0) is 13.0 Å². The van der Waals surface area contributed by atoms with Crippen LogP contribution in [-0.4, -0.2) is 28.4 Å². The molecule has 25 heavy (non-hydrogen) atoms. The summed E-state index contributed by atoms with van der Waals surface area (Å²) in [4.78, 5) is 2.54. The monoisotopic (exact) mass is 334 g/mol. The average Bonchev–Trinajstić information content (AvgIpc) is 3.28. The first-order chi connectivity index (χ1) is 12.3. The van der Waals surface area contributed by atoms with Gasteiger partial charge in [-0.25, -0.2) is 0 Å². The van der Waals surface area contributed by atoms with Crippen molar-refractivity contribution in [1.29, 1.82) is 0 Å². The molecule has 2 aliphatic rings. The van der Waals surface area contributed by atoms with Crippen LogP contribution in [0, 0.1) is 11.8 Å². The molecule has 0 radical (unpaired) electrons. The van der Waals surface area contributed by atoms with Crippen molar-refractivity contribution in [3.8, 4) is 0 Å². The number of fused-ring (bicyclic) bond motifs is 2. The summed E-state index contributed by atoms with van der Waals surface area (Å²) < 4.78 is 0. The van der Waals surface area contributed by atoms with Crippen molar-refractivity contribution in [2.45, 2.75) is 38.3 Å². The minimum absolute atomic E-state index is 0.299. The molecule has 4 rings (SSSR count). The maximum Gasteiger partial charge on any atom is 0.0775 e. The van der Waals surface area contributed by atoms with E-state index in [9.17, 15) is 5.21 Å². The van der Waals surface area contributed by atoms with E-state index in [4.69, 9.17) is 0 Å². The Balaban J connectivity index is 1.55. The normalized spacial score (nSPS) is 26.6. The van der Waals surface area contributed by atoms with Crippen molar-refractivity contribution in [2.24, 2.45) is 17.0 Å². The third-order valence-electron chi connectivity index (χ3n) is 5.91. The predicted molar refractivity (Wildman–Crippen MR) is 101 cm³/mol. The zero-order valence-corrected chi connectivity index (χ0v) is 14.6. The Morgan fingerprint density at radius 1 is 0.920 bits per heavy atom. The second-order valence-electron chi connectivity index (χ2n) is 7.43. The lowest BCUT2D eigenvalue weighted by Gasteiger charge is -2.35. The quantitative estimate of drug-likeness (QED) is 0.629. The van der Waals surface area contributed by atoms with Gasteiger partial charge in [0.05, 0.1) is 11.8 Å². The van der Waals surface area contributed by atoms with Gasteiger partial charge in [0.25, 0.3) is 0 Å². The maximum absolute atomic E-state index is 9.62. The molecule has 2 fully saturated rings. The third-order valence-corrected chi connectivity index (χ3v) is 5.91. The average molecular weight is 334 g/mol. The SMILES string of the molecule is O/N=C1/[C@H]2CC[C@@H](C2)[C@@H]1N(CCc1ccccc1)Cc1ccccc1. The first kappa shape index (κ1) is 16.3. The van der Waals surface area contributed by atoms with Crippen LogP contribution in [0.15, 0.2) is 65.8 Å². The van der Waals surface area contributed by atoms with E-state index in [-0.39, 0.29) is 0 Å². The number of benzene rings is 2. The summed E-state index contributed by atoms with van der Waals surface area (Å²) in [5.74, 6) is 1.14. The zero-order valence-electron chi connectivity index (χ0n) is 14.6. The molecule has 0 saturated heterocycles. The van der Waals surface area contributed by atoms with Gasteiger partial charge in [-0.15, -0.1) is 0 Å². The summed E-state index contributed by atoms with van der Waals surface area (Å²) in [6.07, 6.45) is 4.68. The standard InChI is InChI=1S/C22H26N2O/c25-23-21-19-11-12-20(15-19)22(21)24(16-18-9-5-2-6-10-18)14-13-17-7-3-1-4-8-17/h1-10,19-20,22,25H,11-16H2/b23-21-/t19-,20-,22-/m0/s1. The fraction of sp³-hybridized carbons (Fsp3) is 0.409. The van der Waals surface area contributed by atoms with Crippen LogP contribution in [0.3, 0.4) is 0 Å². The van der Waals surface area contributed by atoms with Crippen LogP contribution in [0.5, 0.6) is 0 Å². The molecule has 2 bridgehead atoms. The summed E-state index contributed by atoms with van der Waals surface area (Å²) in [7, 11) is 0. The Morgan fingerprint density at radius 3 is 2.28 bits per heavy atom. The molecule has 2 aromatic rings. The van der Waals surface area contributed by atoms with Gasteiger partial charge < -0.3 is 5.21 Å². The van der Waals surface area contributed by atoms with Gasteiger partial charge in [0.1, 0.15) is 0 Å². The number of hydrogen-bond donors (Lipinski definition) is 1. The number of nitrogens with zero attached hydrogens (tertiary/aromatic N) is 2. The molecule has 0 spiro atoms. The number of hydrogen-bond acceptors (Lipinski definition) is 3. The Kier molecular flexibility index (Phi) is 4.84. The molecule has 0 amide bonds. The minimum atomic E-state index is 0.299.